The Kier molecular flexibility index (Phi) is 9.62. The van der Waals surface area contributed by atoms with E-state index in [0.29, 0.717) is 25.2 Å². The maximum absolute atomic E-state index is 13.0. The van der Waals surface area contributed by atoms with E-state index < -0.39 is 0 Å². The van der Waals surface area contributed by atoms with Crippen molar-refractivity contribution in [3.63, 3.8) is 0 Å². The molecule has 1 amide bonds. The van der Waals surface area contributed by atoms with E-state index in [9.17, 15) is 4.79 Å². The Morgan fingerprint density at radius 1 is 0.784 bits per heavy atom. The number of imidazole rings is 2. The van der Waals surface area contributed by atoms with E-state index in [1.54, 1.807) is 12.4 Å². The SMILES string of the molecule is CCCN(CCC)Cc1cccc(NC(=O)c2ccc(CN(Cc3ncc[nH]3)Cc3ncc[nH]3)cc2)c1. The smallest absolute Gasteiger partial charge is 0.255 e. The Morgan fingerprint density at radius 2 is 1.41 bits per heavy atom. The summed E-state index contributed by atoms with van der Waals surface area (Å²) in [5, 5.41) is 3.06. The van der Waals surface area contributed by atoms with Gasteiger partial charge in [-0.3, -0.25) is 14.6 Å². The van der Waals surface area contributed by atoms with Gasteiger partial charge in [-0.2, -0.15) is 0 Å². The molecule has 0 aliphatic carbocycles. The molecule has 2 heterocycles. The van der Waals surface area contributed by atoms with Gasteiger partial charge in [0.1, 0.15) is 11.6 Å². The Labute approximate surface area is 219 Å². The van der Waals surface area contributed by atoms with Crippen molar-refractivity contribution in [2.75, 3.05) is 18.4 Å². The molecule has 37 heavy (non-hydrogen) atoms. The molecule has 8 heteroatoms. The molecule has 8 nitrogen and oxygen atoms in total. The first-order valence-electron chi connectivity index (χ1n) is 13.0. The minimum Gasteiger partial charge on any atom is -0.348 e. The van der Waals surface area contributed by atoms with E-state index in [0.717, 1.165) is 55.4 Å². The number of aromatic amines is 2. The standard InChI is InChI=1S/C29H37N7O/c1-3-16-35(17-4-2)20-24-6-5-7-26(18-24)34-29(37)25-10-8-23(9-11-25)19-36(21-27-30-12-13-31-27)22-28-32-14-15-33-28/h5-15,18H,3-4,16-17,19-22H2,1-2H3,(H,30,31)(H,32,33)(H,34,37). The molecule has 0 bridgehead atoms. The minimum absolute atomic E-state index is 0.106. The normalized spacial score (nSPS) is 11.4. The number of nitrogens with one attached hydrogen (secondary N) is 3. The van der Waals surface area contributed by atoms with Crippen molar-refractivity contribution in [1.82, 2.24) is 29.7 Å². The lowest BCUT2D eigenvalue weighted by atomic mass is 10.1. The van der Waals surface area contributed by atoms with Crippen LogP contribution in [-0.2, 0) is 26.2 Å². The zero-order valence-electron chi connectivity index (χ0n) is 21.8. The molecule has 4 aromatic rings. The third-order valence-electron chi connectivity index (χ3n) is 6.15. The molecule has 0 aliphatic rings. The second kappa shape index (κ2) is 13.5. The first kappa shape index (κ1) is 26.3. The highest BCUT2D eigenvalue weighted by molar-refractivity contribution is 6.04. The topological polar surface area (TPSA) is 92.9 Å². The summed E-state index contributed by atoms with van der Waals surface area (Å²) in [6.07, 6.45) is 9.45. The number of rotatable bonds is 14. The van der Waals surface area contributed by atoms with Crippen LogP contribution in [0.3, 0.4) is 0 Å². The molecule has 0 saturated carbocycles. The Morgan fingerprint density at radius 3 is 1.97 bits per heavy atom. The van der Waals surface area contributed by atoms with Crippen molar-refractivity contribution in [3.05, 3.63) is 102 Å². The molecule has 3 N–H and O–H groups in total. The summed E-state index contributed by atoms with van der Waals surface area (Å²) in [5.74, 6) is 1.69. The maximum Gasteiger partial charge on any atom is 0.255 e. The molecule has 0 fully saturated rings. The average Bonchev–Trinajstić information content (AvgIpc) is 3.60. The first-order chi connectivity index (χ1) is 18.1. The van der Waals surface area contributed by atoms with Gasteiger partial charge in [-0.25, -0.2) is 9.97 Å². The van der Waals surface area contributed by atoms with Crippen molar-refractivity contribution in [2.24, 2.45) is 0 Å². The highest BCUT2D eigenvalue weighted by Crippen LogP contribution is 2.16. The molecular formula is C29H37N7O. The monoisotopic (exact) mass is 499 g/mol. The first-order valence-corrected chi connectivity index (χ1v) is 13.0. The second-order valence-corrected chi connectivity index (χ2v) is 9.34. The zero-order chi connectivity index (χ0) is 25.9. The number of carbonyl (C=O) groups is 1. The van der Waals surface area contributed by atoms with Crippen LogP contribution in [0.5, 0.6) is 0 Å². The number of amides is 1. The van der Waals surface area contributed by atoms with Gasteiger partial charge in [0, 0.05) is 49.1 Å². The summed E-state index contributed by atoms with van der Waals surface area (Å²) in [4.78, 5) is 32.7. The van der Waals surface area contributed by atoms with Gasteiger partial charge >= 0.3 is 0 Å². The van der Waals surface area contributed by atoms with Crippen LogP contribution in [-0.4, -0.2) is 48.7 Å². The van der Waals surface area contributed by atoms with Crippen LogP contribution in [0.15, 0.2) is 73.3 Å². The van der Waals surface area contributed by atoms with E-state index >= 15 is 0 Å². The lowest BCUT2D eigenvalue weighted by molar-refractivity contribution is 0.102. The van der Waals surface area contributed by atoms with E-state index in [2.05, 4.69) is 61.0 Å². The lowest BCUT2D eigenvalue weighted by Gasteiger charge is -2.21. The van der Waals surface area contributed by atoms with Crippen LogP contribution in [0.1, 0.15) is 59.8 Å². The van der Waals surface area contributed by atoms with Gasteiger partial charge in [-0.05, 0) is 61.3 Å². The maximum atomic E-state index is 13.0. The van der Waals surface area contributed by atoms with Crippen molar-refractivity contribution < 1.29 is 4.79 Å². The minimum atomic E-state index is -0.106. The summed E-state index contributed by atoms with van der Waals surface area (Å²) < 4.78 is 0. The van der Waals surface area contributed by atoms with Gasteiger partial charge in [0.25, 0.3) is 5.91 Å². The molecule has 2 aromatic heterocycles. The van der Waals surface area contributed by atoms with E-state index in [-0.39, 0.29) is 5.91 Å². The van der Waals surface area contributed by atoms with Gasteiger partial charge in [0.15, 0.2) is 0 Å². The van der Waals surface area contributed by atoms with Crippen molar-refractivity contribution in [1.29, 1.82) is 0 Å². The molecule has 0 aliphatic heterocycles. The summed E-state index contributed by atoms with van der Waals surface area (Å²) in [7, 11) is 0. The van der Waals surface area contributed by atoms with E-state index in [1.807, 2.05) is 48.8 Å². The fraction of sp³-hybridized carbons (Fsp3) is 0.345. The lowest BCUT2D eigenvalue weighted by Crippen LogP contribution is -2.25. The number of hydrogen-bond acceptors (Lipinski definition) is 5. The van der Waals surface area contributed by atoms with Gasteiger partial charge in [-0.1, -0.05) is 38.1 Å². The quantitative estimate of drug-likeness (QED) is 0.221. The van der Waals surface area contributed by atoms with Crippen molar-refractivity contribution in [2.45, 2.75) is 52.9 Å². The Balaban J connectivity index is 1.37. The molecule has 2 aromatic carbocycles. The molecule has 4 rings (SSSR count). The second-order valence-electron chi connectivity index (χ2n) is 9.34. The number of carbonyl (C=O) groups excluding carboxylic acids is 1. The van der Waals surface area contributed by atoms with E-state index in [4.69, 9.17) is 0 Å². The largest absolute Gasteiger partial charge is 0.348 e. The van der Waals surface area contributed by atoms with Crippen LogP contribution < -0.4 is 5.32 Å². The Hall–Kier alpha value is -3.75. The predicted octanol–water partition coefficient (Wildman–Crippen LogP) is 5.21. The molecule has 0 spiro atoms. The van der Waals surface area contributed by atoms with Gasteiger partial charge < -0.3 is 15.3 Å². The number of anilines is 1. The summed E-state index contributed by atoms with van der Waals surface area (Å²) in [5.41, 5.74) is 3.78. The van der Waals surface area contributed by atoms with Gasteiger partial charge in [0.2, 0.25) is 0 Å². The number of nitrogens with zero attached hydrogens (tertiary/aromatic N) is 4. The molecular weight excluding hydrogens is 462 g/mol. The van der Waals surface area contributed by atoms with Crippen molar-refractivity contribution in [3.8, 4) is 0 Å². The number of H-pyrrole nitrogens is 2. The van der Waals surface area contributed by atoms with Crippen LogP contribution in [0.25, 0.3) is 0 Å². The fourth-order valence-electron chi connectivity index (χ4n) is 4.49. The summed E-state index contributed by atoms with van der Waals surface area (Å²) in [6.45, 7) is 9.51. The molecule has 0 radical (unpaired) electrons. The van der Waals surface area contributed by atoms with Crippen LogP contribution in [0.4, 0.5) is 5.69 Å². The van der Waals surface area contributed by atoms with Crippen LogP contribution >= 0.6 is 0 Å². The van der Waals surface area contributed by atoms with Gasteiger partial charge in [0.05, 0.1) is 13.1 Å². The number of benzene rings is 2. The third-order valence-corrected chi connectivity index (χ3v) is 6.15. The third kappa shape index (κ3) is 8.13. The summed E-state index contributed by atoms with van der Waals surface area (Å²) >= 11 is 0. The predicted molar refractivity (Wildman–Crippen MR) is 147 cm³/mol. The van der Waals surface area contributed by atoms with Gasteiger partial charge in [-0.15, -0.1) is 0 Å². The van der Waals surface area contributed by atoms with E-state index in [1.165, 1.54) is 5.56 Å². The van der Waals surface area contributed by atoms with Crippen LogP contribution in [0, 0.1) is 0 Å². The number of hydrogen-bond donors (Lipinski definition) is 3. The van der Waals surface area contributed by atoms with Crippen LogP contribution in [0.2, 0.25) is 0 Å². The molecule has 0 atom stereocenters. The highest BCUT2D eigenvalue weighted by atomic mass is 16.1. The fourth-order valence-corrected chi connectivity index (χ4v) is 4.49. The molecule has 0 unspecified atom stereocenters. The highest BCUT2D eigenvalue weighted by Gasteiger charge is 2.13. The molecule has 0 saturated heterocycles. The molecule has 194 valence electrons. The zero-order valence-corrected chi connectivity index (χ0v) is 21.8. The summed E-state index contributed by atoms with van der Waals surface area (Å²) in [6, 6.07) is 15.9. The van der Waals surface area contributed by atoms with Crippen molar-refractivity contribution >= 4 is 11.6 Å². The average molecular weight is 500 g/mol. The Bertz CT molecular complexity index is 1160. The number of aromatic nitrogens is 4.